The fraction of sp³-hybridized carbons (Fsp3) is 1.00. The Bertz CT molecular complexity index is 2540. The van der Waals surface area contributed by atoms with Gasteiger partial charge in [0.1, 0.15) is 0 Å². The molecule has 16 bridgehead atoms. The summed E-state index contributed by atoms with van der Waals surface area (Å²) in [5, 5.41) is 63.1. The summed E-state index contributed by atoms with van der Waals surface area (Å²) in [5.41, 5.74) is 0. The molecule has 19 N–H and O–H groups in total. The first kappa shape index (κ1) is 65.6. The summed E-state index contributed by atoms with van der Waals surface area (Å²) in [6.45, 7) is 0. The van der Waals surface area contributed by atoms with Crippen LogP contribution >= 0.6 is 0 Å². The van der Waals surface area contributed by atoms with Crippen LogP contribution < -0.4 is 91.2 Å². The van der Waals surface area contributed by atoms with E-state index in [1.54, 1.807) is 0 Å². The van der Waals surface area contributed by atoms with Gasteiger partial charge in [-0.1, -0.05) is 89.9 Å². The number of rotatable bonds is 2. The SMILES string of the molecule is N.O=S(=O)([O-])C1CCCC2C3NC4NC(NC5NC(NC6NC(NC(N3)C21)C1CCCCC61)C1CCCCC51)C1CCCCC41.O=S(=O)([O-])C1CCCC2C3NC4NC(NC5NC(NC6NC(NC(N3)C21)C1CCCCC61)C1CCCCC51)C1CCCCC41.[Cu+2]. The summed E-state index contributed by atoms with van der Waals surface area (Å²) < 4.78 is 76.3. The van der Waals surface area contributed by atoms with Crippen molar-refractivity contribution in [3.63, 3.8) is 0 Å². The van der Waals surface area contributed by atoms with E-state index in [4.69, 9.17) is 0 Å². The van der Waals surface area contributed by atoms with E-state index >= 15 is 0 Å². The molecule has 1 radical (unpaired) electrons. The summed E-state index contributed by atoms with van der Waals surface area (Å²) in [5.74, 6) is 6.67. The van der Waals surface area contributed by atoms with Crippen molar-refractivity contribution in [2.75, 3.05) is 0 Å². The Labute approximate surface area is 547 Å². The first-order chi connectivity index (χ1) is 42.8. The molecule has 10 saturated heterocycles. The van der Waals surface area contributed by atoms with Crippen LogP contribution in [0.1, 0.15) is 193 Å². The van der Waals surface area contributed by atoms with Gasteiger partial charge < -0.3 is 15.3 Å². The third-order valence-electron chi connectivity index (χ3n) is 28.4. The normalized spacial score (nSPS) is 54.3. The second-order valence-electron chi connectivity index (χ2n) is 32.4. The van der Waals surface area contributed by atoms with Crippen molar-refractivity contribution in [2.45, 2.75) is 302 Å². The number of fused-ring (bicyclic) bond motifs is 40. The molecule has 0 amide bonds. The van der Waals surface area contributed by atoms with Gasteiger partial charge in [-0.3, -0.25) is 85.1 Å². The number of hydrogen-bond acceptors (Lipinski definition) is 23. The quantitative estimate of drug-likeness (QED) is 0.139. The summed E-state index contributed by atoms with van der Waals surface area (Å²) in [4.78, 5) is 0. The van der Waals surface area contributed by atoms with Gasteiger partial charge in [0.15, 0.2) is 0 Å². The molecule has 34 atom stereocenters. The molecule has 0 aromatic heterocycles. The van der Waals surface area contributed by atoms with E-state index in [2.05, 4.69) is 85.1 Å². The van der Waals surface area contributed by atoms with E-state index in [0.29, 0.717) is 96.2 Å². The third-order valence-corrected chi connectivity index (χ3v) is 31.0. The topological polar surface area (TPSA) is 342 Å². The largest absolute Gasteiger partial charge is 2.00 e. The van der Waals surface area contributed by atoms with Gasteiger partial charge >= 0.3 is 17.1 Å². The summed E-state index contributed by atoms with van der Waals surface area (Å²) >= 11 is 0. The van der Waals surface area contributed by atoms with E-state index in [-0.39, 0.29) is 133 Å². The second kappa shape index (κ2) is 26.7. The van der Waals surface area contributed by atoms with Gasteiger partial charge in [0, 0.05) is 11.8 Å². The maximum Gasteiger partial charge on any atom is 2.00 e. The van der Waals surface area contributed by atoms with Crippen LogP contribution in [-0.4, -0.2) is 135 Å². The number of nitrogens with one attached hydrogen (secondary N) is 16. The van der Waals surface area contributed by atoms with Crippen molar-refractivity contribution in [1.82, 2.24) is 91.2 Å². The molecule has 513 valence electrons. The van der Waals surface area contributed by atoms with Gasteiger partial charge in [0.2, 0.25) is 0 Å². The van der Waals surface area contributed by atoms with Crippen molar-refractivity contribution in [3.8, 4) is 0 Å². The molecule has 8 saturated carbocycles. The van der Waals surface area contributed by atoms with Crippen molar-refractivity contribution >= 4 is 20.2 Å². The van der Waals surface area contributed by atoms with Gasteiger partial charge in [0.25, 0.3) is 0 Å². The molecule has 10 heterocycles. The zero-order valence-electron chi connectivity index (χ0n) is 53.1. The molecule has 90 heavy (non-hydrogen) atoms. The Hall–Kier alpha value is -0.341. The Kier molecular flexibility index (Phi) is 19.5. The van der Waals surface area contributed by atoms with Crippen LogP contribution in [0.15, 0.2) is 0 Å². The first-order valence-electron chi connectivity index (χ1n) is 36.9. The van der Waals surface area contributed by atoms with Crippen molar-refractivity contribution in [1.29, 1.82) is 0 Å². The molecule has 0 spiro atoms. The van der Waals surface area contributed by atoms with E-state index in [9.17, 15) is 25.9 Å². The predicted octanol–water partition coefficient (Wildman–Crippen LogP) is 2.42. The molecular weight excluding hydrogens is 1230 g/mol. The van der Waals surface area contributed by atoms with Crippen LogP contribution in [0, 0.1) is 94.7 Å². The summed E-state index contributed by atoms with van der Waals surface area (Å²) in [6, 6.07) is 0. The average molecular weight is 1340 g/mol. The Morgan fingerprint density at radius 2 is 0.333 bits per heavy atom. The summed E-state index contributed by atoms with van der Waals surface area (Å²) in [7, 11) is -8.81. The molecule has 26 heteroatoms. The molecule has 8 aliphatic carbocycles. The van der Waals surface area contributed by atoms with Crippen LogP contribution in [0.25, 0.3) is 0 Å². The second-order valence-corrected chi connectivity index (χ2v) is 35.6. The minimum atomic E-state index is -4.41. The zero-order valence-corrected chi connectivity index (χ0v) is 55.7. The fourth-order valence-electron chi connectivity index (χ4n) is 24.7. The van der Waals surface area contributed by atoms with E-state index in [0.717, 1.165) is 25.7 Å². The third kappa shape index (κ3) is 12.1. The van der Waals surface area contributed by atoms with Crippen molar-refractivity contribution in [2.24, 2.45) is 94.7 Å². The van der Waals surface area contributed by atoms with Gasteiger partial charge in [0.05, 0.1) is 129 Å². The van der Waals surface area contributed by atoms with Gasteiger partial charge in [-0.15, -0.1) is 0 Å². The average Bonchev–Trinajstić information content (AvgIpc) is 1.61. The molecule has 0 aromatic rings. The Morgan fingerprint density at radius 3 is 0.489 bits per heavy atom. The minimum Gasteiger partial charge on any atom is -0.748 e. The molecule has 10 aliphatic heterocycles. The fourth-order valence-corrected chi connectivity index (χ4v) is 27.1. The minimum absolute atomic E-state index is 0. The van der Waals surface area contributed by atoms with Gasteiger partial charge in [-0.2, -0.15) is 0 Å². The maximum absolute atomic E-state index is 12.7. The van der Waals surface area contributed by atoms with Gasteiger partial charge in [-0.05, 0) is 186 Å². The van der Waals surface area contributed by atoms with Crippen molar-refractivity contribution in [3.05, 3.63) is 0 Å². The van der Waals surface area contributed by atoms with E-state index in [1.165, 1.54) is 154 Å². The number of hydrogen-bond donors (Lipinski definition) is 17. The van der Waals surface area contributed by atoms with E-state index in [1.807, 2.05) is 0 Å². The smallest absolute Gasteiger partial charge is 0.748 e. The van der Waals surface area contributed by atoms with Crippen LogP contribution in [0.2, 0.25) is 0 Å². The van der Waals surface area contributed by atoms with Crippen molar-refractivity contribution < 1.29 is 43.0 Å². The molecular formula is C64H113CuN17O6S2. The van der Waals surface area contributed by atoms with Gasteiger partial charge in [-0.25, -0.2) is 16.8 Å². The first-order valence-corrected chi connectivity index (χ1v) is 39.9. The predicted molar refractivity (Wildman–Crippen MR) is 337 cm³/mol. The maximum atomic E-state index is 12.7. The Morgan fingerprint density at radius 1 is 0.200 bits per heavy atom. The van der Waals surface area contributed by atoms with Crippen LogP contribution in [0.4, 0.5) is 0 Å². The summed E-state index contributed by atoms with van der Waals surface area (Å²) in [6.07, 6.45) is 37.0. The molecule has 18 fully saturated rings. The van der Waals surface area contributed by atoms with E-state index < -0.39 is 30.7 Å². The molecule has 18 aliphatic rings. The zero-order chi connectivity index (χ0) is 59.2. The molecule has 0 aromatic carbocycles. The van der Waals surface area contributed by atoms with Crippen LogP contribution in [0.5, 0.6) is 0 Å². The monoisotopic (exact) mass is 1340 g/mol. The Balaban J connectivity index is 0.000000147. The standard InChI is InChI=1S/2C32H56N8O3S.Cu.H3N/c2*41-44(42,43)23-15-7-14-22-24(23)32-39-30-21-13-6-5-12-20(21)28(37-30)35-26-17-9-2-1-8-16(17)25(33-26)34-27-18-10-3-4-11-19(18)29(36-27)38-31(22)40-32;;/h2*16-40H,1-15H2,(H,41,42,43);;1H3/q;;+2;/p-2. The molecule has 18 rings (SSSR count). The van der Waals surface area contributed by atoms with Crippen LogP contribution in [0.3, 0.4) is 0 Å². The molecule has 23 nitrogen and oxygen atoms in total. The van der Waals surface area contributed by atoms with Crippen LogP contribution in [-0.2, 0) is 37.3 Å². The molecule has 34 unspecified atom stereocenters.